The van der Waals surface area contributed by atoms with Crippen molar-refractivity contribution in [1.82, 2.24) is 4.98 Å². The number of amides is 2. The molecule has 2 amide bonds. The molecule has 0 fully saturated rings. The quantitative estimate of drug-likeness (QED) is 0.781. The average molecular weight is 349 g/mol. The van der Waals surface area contributed by atoms with Crippen LogP contribution in [0.4, 0.5) is 16.2 Å². The molecule has 0 atom stereocenters. The molecule has 1 N–H and O–H groups in total. The van der Waals surface area contributed by atoms with Gasteiger partial charge in [-0.1, -0.05) is 24.3 Å². The highest BCUT2D eigenvalue weighted by Gasteiger charge is 2.11. The van der Waals surface area contributed by atoms with Crippen LogP contribution in [-0.4, -0.2) is 31.1 Å². The van der Waals surface area contributed by atoms with Gasteiger partial charge in [-0.3, -0.25) is 14.7 Å². The molecule has 26 heavy (non-hydrogen) atoms. The van der Waals surface area contributed by atoms with E-state index in [1.807, 2.05) is 30.3 Å². The largest absolute Gasteiger partial charge is 0.452 e. The Bertz CT molecular complexity index is 933. The minimum atomic E-state index is -0.453. The first kappa shape index (κ1) is 17.4. The maximum Gasteiger partial charge on any atom is 0.413 e. The van der Waals surface area contributed by atoms with Gasteiger partial charge < -0.3 is 10.1 Å². The van der Waals surface area contributed by atoms with Gasteiger partial charge in [-0.25, -0.2) is 4.79 Å². The summed E-state index contributed by atoms with van der Waals surface area (Å²) < 4.78 is 4.67. The van der Waals surface area contributed by atoms with Gasteiger partial charge in [-0.15, -0.1) is 0 Å². The number of methoxy groups -OCH3 is 1. The summed E-state index contributed by atoms with van der Waals surface area (Å²) in [6.45, 7) is 0. The number of pyridine rings is 1. The molecule has 0 aliphatic rings. The standard InChI is InChI=1S/C20H19N3O3/c1-23(20(25)26-2)17-10-8-16(9-11-17)22-18(24)13-15-6-3-5-14-7-4-12-21-19(14)15/h3-12H,13H2,1-2H3,(H,22,24). The second-order valence-electron chi connectivity index (χ2n) is 5.79. The van der Waals surface area contributed by atoms with E-state index >= 15 is 0 Å². The van der Waals surface area contributed by atoms with Crippen molar-refractivity contribution < 1.29 is 14.3 Å². The maximum absolute atomic E-state index is 12.4. The van der Waals surface area contributed by atoms with Crippen molar-refractivity contribution in [1.29, 1.82) is 0 Å². The van der Waals surface area contributed by atoms with E-state index in [1.165, 1.54) is 12.0 Å². The van der Waals surface area contributed by atoms with E-state index in [-0.39, 0.29) is 12.3 Å². The molecule has 0 saturated carbocycles. The van der Waals surface area contributed by atoms with Crippen LogP contribution in [0.1, 0.15) is 5.56 Å². The summed E-state index contributed by atoms with van der Waals surface area (Å²) in [5.74, 6) is -0.128. The smallest absolute Gasteiger partial charge is 0.413 e. The summed E-state index contributed by atoms with van der Waals surface area (Å²) >= 11 is 0. The summed E-state index contributed by atoms with van der Waals surface area (Å²) in [5, 5.41) is 3.87. The van der Waals surface area contributed by atoms with E-state index in [4.69, 9.17) is 0 Å². The van der Waals surface area contributed by atoms with Crippen molar-refractivity contribution in [3.05, 3.63) is 66.4 Å². The van der Waals surface area contributed by atoms with Gasteiger partial charge in [0.1, 0.15) is 0 Å². The zero-order chi connectivity index (χ0) is 18.5. The van der Waals surface area contributed by atoms with Gasteiger partial charge in [0.2, 0.25) is 5.91 Å². The molecule has 0 unspecified atom stereocenters. The number of aromatic nitrogens is 1. The van der Waals surface area contributed by atoms with Crippen molar-refractivity contribution in [3.63, 3.8) is 0 Å². The topological polar surface area (TPSA) is 71.5 Å². The van der Waals surface area contributed by atoms with E-state index in [9.17, 15) is 9.59 Å². The molecule has 1 aromatic heterocycles. The molecule has 0 bridgehead atoms. The molecule has 2 aromatic carbocycles. The lowest BCUT2D eigenvalue weighted by Crippen LogP contribution is -2.25. The van der Waals surface area contributed by atoms with Crippen LogP contribution in [0.25, 0.3) is 10.9 Å². The third-order valence-electron chi connectivity index (χ3n) is 4.05. The van der Waals surface area contributed by atoms with Crippen LogP contribution in [0.3, 0.4) is 0 Å². The molecule has 1 heterocycles. The van der Waals surface area contributed by atoms with Crippen LogP contribution >= 0.6 is 0 Å². The third kappa shape index (κ3) is 3.80. The summed E-state index contributed by atoms with van der Waals surface area (Å²) in [5.41, 5.74) is 3.04. The molecule has 0 aliphatic heterocycles. The number of anilines is 2. The molecule has 0 saturated heterocycles. The molecule has 0 aliphatic carbocycles. The number of carbonyl (C=O) groups excluding carboxylic acids is 2. The molecule has 3 aromatic rings. The number of nitrogens with zero attached hydrogens (tertiary/aromatic N) is 2. The van der Waals surface area contributed by atoms with E-state index in [2.05, 4.69) is 15.0 Å². The minimum Gasteiger partial charge on any atom is -0.452 e. The number of hydrogen-bond donors (Lipinski definition) is 1. The number of benzene rings is 2. The highest BCUT2D eigenvalue weighted by molar-refractivity contribution is 5.95. The van der Waals surface area contributed by atoms with Gasteiger partial charge >= 0.3 is 6.09 Å². The van der Waals surface area contributed by atoms with Gasteiger partial charge in [0.15, 0.2) is 0 Å². The fraction of sp³-hybridized carbons (Fsp3) is 0.150. The zero-order valence-electron chi connectivity index (χ0n) is 14.6. The van der Waals surface area contributed by atoms with E-state index < -0.39 is 6.09 Å². The lowest BCUT2D eigenvalue weighted by molar-refractivity contribution is -0.115. The summed E-state index contributed by atoms with van der Waals surface area (Å²) in [7, 11) is 2.95. The fourth-order valence-corrected chi connectivity index (χ4v) is 2.70. The number of hydrogen-bond acceptors (Lipinski definition) is 4. The van der Waals surface area contributed by atoms with Crippen molar-refractivity contribution in [2.24, 2.45) is 0 Å². The summed E-state index contributed by atoms with van der Waals surface area (Å²) in [6.07, 6.45) is 1.50. The van der Waals surface area contributed by atoms with Crippen LogP contribution in [0, 0.1) is 0 Å². The second-order valence-corrected chi connectivity index (χ2v) is 5.79. The zero-order valence-corrected chi connectivity index (χ0v) is 14.6. The second kappa shape index (κ2) is 7.65. The minimum absolute atomic E-state index is 0.128. The molecule has 3 rings (SSSR count). The van der Waals surface area contributed by atoms with E-state index in [1.54, 1.807) is 37.5 Å². The summed E-state index contributed by atoms with van der Waals surface area (Å²) in [4.78, 5) is 29.6. The Hall–Kier alpha value is -3.41. The first-order valence-electron chi connectivity index (χ1n) is 8.12. The Kier molecular flexibility index (Phi) is 5.12. The summed E-state index contributed by atoms with van der Waals surface area (Å²) in [6, 6.07) is 16.6. The van der Waals surface area contributed by atoms with Crippen molar-refractivity contribution in [2.45, 2.75) is 6.42 Å². The Morgan fingerprint density at radius 1 is 1.08 bits per heavy atom. The van der Waals surface area contributed by atoms with Gasteiger partial charge in [0, 0.05) is 30.0 Å². The number of carbonyl (C=O) groups is 2. The van der Waals surface area contributed by atoms with Crippen molar-refractivity contribution >= 4 is 34.3 Å². The van der Waals surface area contributed by atoms with Gasteiger partial charge in [-0.2, -0.15) is 0 Å². The average Bonchev–Trinajstić information content (AvgIpc) is 2.67. The first-order valence-corrected chi connectivity index (χ1v) is 8.12. The Morgan fingerprint density at radius 2 is 1.81 bits per heavy atom. The normalized spacial score (nSPS) is 10.4. The fourth-order valence-electron chi connectivity index (χ4n) is 2.70. The molecule has 0 spiro atoms. The maximum atomic E-state index is 12.4. The van der Waals surface area contributed by atoms with E-state index in [0.717, 1.165) is 16.5 Å². The highest BCUT2D eigenvalue weighted by Crippen LogP contribution is 2.19. The van der Waals surface area contributed by atoms with Crippen molar-refractivity contribution in [2.75, 3.05) is 24.4 Å². The lowest BCUT2D eigenvalue weighted by atomic mass is 10.1. The van der Waals surface area contributed by atoms with Crippen LogP contribution in [0.5, 0.6) is 0 Å². The Labute approximate surface area is 151 Å². The number of rotatable bonds is 4. The number of ether oxygens (including phenoxy) is 1. The highest BCUT2D eigenvalue weighted by atomic mass is 16.5. The van der Waals surface area contributed by atoms with Crippen LogP contribution in [-0.2, 0) is 16.0 Å². The lowest BCUT2D eigenvalue weighted by Gasteiger charge is -2.16. The molecule has 6 heteroatoms. The first-order chi connectivity index (χ1) is 12.6. The number of fused-ring (bicyclic) bond motifs is 1. The SMILES string of the molecule is COC(=O)N(C)c1ccc(NC(=O)Cc2cccc3cccnc23)cc1. The number of para-hydroxylation sites is 1. The van der Waals surface area contributed by atoms with Crippen LogP contribution in [0.15, 0.2) is 60.8 Å². The monoisotopic (exact) mass is 349 g/mol. The molecular weight excluding hydrogens is 330 g/mol. The van der Waals surface area contributed by atoms with Gasteiger partial charge in [0.25, 0.3) is 0 Å². The third-order valence-corrected chi connectivity index (χ3v) is 4.05. The molecule has 0 radical (unpaired) electrons. The van der Waals surface area contributed by atoms with Gasteiger partial charge in [-0.05, 0) is 35.9 Å². The predicted octanol–water partition coefficient (Wildman–Crippen LogP) is 3.62. The molecule has 6 nitrogen and oxygen atoms in total. The Balaban J connectivity index is 1.69. The van der Waals surface area contributed by atoms with Crippen LogP contribution in [0.2, 0.25) is 0 Å². The van der Waals surface area contributed by atoms with Crippen molar-refractivity contribution in [3.8, 4) is 0 Å². The van der Waals surface area contributed by atoms with Crippen LogP contribution < -0.4 is 10.2 Å². The Morgan fingerprint density at radius 3 is 2.54 bits per heavy atom. The van der Waals surface area contributed by atoms with Gasteiger partial charge in [0.05, 0.1) is 19.0 Å². The molecular formula is C20H19N3O3. The van der Waals surface area contributed by atoms with E-state index in [0.29, 0.717) is 11.4 Å². The molecule has 132 valence electrons. The predicted molar refractivity (Wildman–Crippen MR) is 101 cm³/mol. The number of nitrogens with one attached hydrogen (secondary N) is 1.